The number of carbonyl (C=O) groups is 1. The molecule has 0 radical (unpaired) electrons. The van der Waals surface area contributed by atoms with Crippen LogP contribution in [0.4, 0.5) is 0 Å². The third-order valence-electron chi connectivity index (χ3n) is 3.67. The maximum atomic E-state index is 11.7. The van der Waals surface area contributed by atoms with E-state index in [0.29, 0.717) is 18.1 Å². The van der Waals surface area contributed by atoms with Crippen LogP contribution in [-0.4, -0.2) is 38.4 Å². The van der Waals surface area contributed by atoms with Gasteiger partial charge in [0.15, 0.2) is 0 Å². The lowest BCUT2D eigenvalue weighted by molar-refractivity contribution is -0.146. The maximum absolute atomic E-state index is 11.7. The summed E-state index contributed by atoms with van der Waals surface area (Å²) >= 11 is 1.66. The van der Waals surface area contributed by atoms with Crippen molar-refractivity contribution in [2.75, 3.05) is 6.54 Å². The van der Waals surface area contributed by atoms with E-state index in [9.17, 15) is 9.90 Å². The monoisotopic (exact) mass is 295 g/mol. The summed E-state index contributed by atoms with van der Waals surface area (Å²) in [5.41, 5.74) is -0.765. The predicted octanol–water partition coefficient (Wildman–Crippen LogP) is 2.33. The molecule has 0 aromatic carbocycles. The van der Waals surface area contributed by atoms with Crippen LogP contribution >= 0.6 is 11.8 Å². The molecule has 0 saturated heterocycles. The van der Waals surface area contributed by atoms with Crippen LogP contribution in [-0.2, 0) is 4.79 Å². The van der Waals surface area contributed by atoms with Gasteiger partial charge in [-0.25, -0.2) is 9.97 Å². The van der Waals surface area contributed by atoms with Crippen LogP contribution in [0.2, 0.25) is 0 Å². The lowest BCUT2D eigenvalue weighted by Crippen LogP contribution is -2.55. The van der Waals surface area contributed by atoms with E-state index in [1.165, 1.54) is 6.33 Å². The van der Waals surface area contributed by atoms with E-state index in [1.807, 2.05) is 6.07 Å². The molecule has 1 aromatic heterocycles. The zero-order chi connectivity index (χ0) is 14.4. The highest BCUT2D eigenvalue weighted by Crippen LogP contribution is 2.37. The SMILES string of the molecule is CCCNC1(C(=O)O)CCCC(Sc2ccncn2)C1. The molecule has 2 unspecified atom stereocenters. The van der Waals surface area contributed by atoms with E-state index in [4.69, 9.17) is 0 Å². The minimum atomic E-state index is -0.765. The maximum Gasteiger partial charge on any atom is 0.323 e. The molecule has 0 spiro atoms. The van der Waals surface area contributed by atoms with Gasteiger partial charge in [-0.2, -0.15) is 0 Å². The van der Waals surface area contributed by atoms with E-state index in [1.54, 1.807) is 18.0 Å². The molecule has 0 amide bonds. The summed E-state index contributed by atoms with van der Waals surface area (Å²) in [4.78, 5) is 19.8. The third-order valence-corrected chi connectivity index (χ3v) is 4.89. The summed E-state index contributed by atoms with van der Waals surface area (Å²) < 4.78 is 0. The van der Waals surface area contributed by atoms with Crippen molar-refractivity contribution in [1.82, 2.24) is 15.3 Å². The van der Waals surface area contributed by atoms with Crippen molar-refractivity contribution in [2.45, 2.75) is 54.8 Å². The van der Waals surface area contributed by atoms with Crippen molar-refractivity contribution in [3.05, 3.63) is 18.6 Å². The number of rotatable bonds is 6. The van der Waals surface area contributed by atoms with Gasteiger partial charge in [-0.15, -0.1) is 11.8 Å². The zero-order valence-electron chi connectivity index (χ0n) is 11.7. The first kappa shape index (κ1) is 15.3. The van der Waals surface area contributed by atoms with Gasteiger partial charge in [0.2, 0.25) is 0 Å². The zero-order valence-corrected chi connectivity index (χ0v) is 12.5. The Morgan fingerprint density at radius 3 is 3.15 bits per heavy atom. The van der Waals surface area contributed by atoms with Crippen LogP contribution in [0, 0.1) is 0 Å². The minimum Gasteiger partial charge on any atom is -0.480 e. The minimum absolute atomic E-state index is 0.291. The number of aliphatic carboxylic acids is 1. The highest BCUT2D eigenvalue weighted by molar-refractivity contribution is 7.99. The quantitative estimate of drug-likeness (QED) is 0.785. The second kappa shape index (κ2) is 7.04. The van der Waals surface area contributed by atoms with Gasteiger partial charge in [0.1, 0.15) is 11.9 Å². The van der Waals surface area contributed by atoms with Crippen molar-refractivity contribution in [1.29, 1.82) is 0 Å². The lowest BCUT2D eigenvalue weighted by atomic mass is 9.81. The van der Waals surface area contributed by atoms with Gasteiger partial charge >= 0.3 is 5.97 Å². The number of carboxylic acids is 1. The second-order valence-electron chi connectivity index (χ2n) is 5.20. The lowest BCUT2D eigenvalue weighted by Gasteiger charge is -2.38. The molecular formula is C14H21N3O2S. The Morgan fingerprint density at radius 2 is 2.50 bits per heavy atom. The third kappa shape index (κ3) is 3.70. The first-order valence-corrected chi connectivity index (χ1v) is 7.95. The van der Waals surface area contributed by atoms with Crippen LogP contribution in [0.1, 0.15) is 39.0 Å². The average Bonchev–Trinajstić information content (AvgIpc) is 2.46. The molecule has 0 bridgehead atoms. The largest absolute Gasteiger partial charge is 0.480 e. The van der Waals surface area contributed by atoms with E-state index >= 15 is 0 Å². The fraction of sp³-hybridized carbons (Fsp3) is 0.643. The van der Waals surface area contributed by atoms with Crippen molar-refractivity contribution in [2.24, 2.45) is 0 Å². The Labute approximate surface area is 123 Å². The number of carboxylic acid groups (broad SMARTS) is 1. The molecule has 6 heteroatoms. The van der Waals surface area contributed by atoms with E-state index < -0.39 is 11.5 Å². The van der Waals surface area contributed by atoms with E-state index in [0.717, 1.165) is 30.8 Å². The molecule has 2 atom stereocenters. The van der Waals surface area contributed by atoms with E-state index in [-0.39, 0.29) is 0 Å². The molecule has 1 aromatic rings. The van der Waals surface area contributed by atoms with Crippen LogP contribution in [0.5, 0.6) is 0 Å². The molecule has 20 heavy (non-hydrogen) atoms. The predicted molar refractivity (Wildman–Crippen MR) is 78.8 cm³/mol. The average molecular weight is 295 g/mol. The van der Waals surface area contributed by atoms with Gasteiger partial charge in [-0.05, 0) is 44.7 Å². The van der Waals surface area contributed by atoms with Gasteiger partial charge < -0.3 is 10.4 Å². The van der Waals surface area contributed by atoms with Gasteiger partial charge in [0, 0.05) is 11.4 Å². The molecule has 2 N–H and O–H groups in total. The topological polar surface area (TPSA) is 75.1 Å². The van der Waals surface area contributed by atoms with Gasteiger partial charge in [-0.3, -0.25) is 4.79 Å². The smallest absolute Gasteiger partial charge is 0.323 e. The van der Waals surface area contributed by atoms with Gasteiger partial charge in [0.25, 0.3) is 0 Å². The number of nitrogens with zero attached hydrogens (tertiary/aromatic N) is 2. The number of hydrogen-bond acceptors (Lipinski definition) is 5. The van der Waals surface area contributed by atoms with Crippen LogP contribution in [0.15, 0.2) is 23.6 Å². The number of thioether (sulfide) groups is 1. The molecule has 1 heterocycles. The first-order chi connectivity index (χ1) is 9.66. The summed E-state index contributed by atoms with van der Waals surface area (Å²) in [5, 5.41) is 14.1. The first-order valence-electron chi connectivity index (χ1n) is 7.07. The normalized spacial score (nSPS) is 26.4. The fourth-order valence-electron chi connectivity index (χ4n) is 2.64. The number of hydrogen-bond donors (Lipinski definition) is 2. The highest BCUT2D eigenvalue weighted by Gasteiger charge is 2.42. The van der Waals surface area contributed by atoms with Crippen LogP contribution < -0.4 is 5.32 Å². The molecule has 1 saturated carbocycles. The van der Waals surface area contributed by atoms with Gasteiger partial charge in [0.05, 0.1) is 5.03 Å². The molecule has 110 valence electrons. The molecule has 5 nitrogen and oxygen atoms in total. The van der Waals surface area contributed by atoms with Crippen molar-refractivity contribution in [3.63, 3.8) is 0 Å². The number of nitrogens with one attached hydrogen (secondary N) is 1. The second-order valence-corrected chi connectivity index (χ2v) is 6.52. The Morgan fingerprint density at radius 1 is 1.65 bits per heavy atom. The summed E-state index contributed by atoms with van der Waals surface area (Å²) in [6, 6.07) is 1.88. The molecule has 0 aliphatic heterocycles. The van der Waals surface area contributed by atoms with Crippen molar-refractivity contribution < 1.29 is 9.90 Å². The van der Waals surface area contributed by atoms with Crippen molar-refractivity contribution >= 4 is 17.7 Å². The Kier molecular flexibility index (Phi) is 5.37. The molecule has 1 aliphatic carbocycles. The Bertz CT molecular complexity index is 443. The van der Waals surface area contributed by atoms with Gasteiger partial charge in [-0.1, -0.05) is 6.92 Å². The standard InChI is InChI=1S/C14H21N3O2S/c1-2-7-17-14(13(18)19)6-3-4-11(9-14)20-12-5-8-15-10-16-12/h5,8,10-11,17H,2-4,6-7,9H2,1H3,(H,18,19). The molecule has 1 aliphatic rings. The summed E-state index contributed by atoms with van der Waals surface area (Å²) in [6.45, 7) is 2.80. The highest BCUT2D eigenvalue weighted by atomic mass is 32.2. The van der Waals surface area contributed by atoms with Crippen LogP contribution in [0.25, 0.3) is 0 Å². The summed E-state index contributed by atoms with van der Waals surface area (Å²) in [6.07, 6.45) is 7.53. The van der Waals surface area contributed by atoms with Crippen molar-refractivity contribution in [3.8, 4) is 0 Å². The fourth-order valence-corrected chi connectivity index (χ4v) is 3.88. The molecule has 1 fully saturated rings. The summed E-state index contributed by atoms with van der Waals surface area (Å²) in [7, 11) is 0. The Hall–Kier alpha value is -1.14. The number of aromatic nitrogens is 2. The molecule has 2 rings (SSSR count). The Balaban J connectivity index is 2.04. The molecular weight excluding hydrogens is 274 g/mol. The summed E-state index contributed by atoms with van der Waals surface area (Å²) in [5.74, 6) is -0.723. The van der Waals surface area contributed by atoms with Crippen LogP contribution in [0.3, 0.4) is 0 Å². The van der Waals surface area contributed by atoms with E-state index in [2.05, 4.69) is 22.2 Å².